The fourth-order valence-corrected chi connectivity index (χ4v) is 3.09. The van der Waals surface area contributed by atoms with Crippen molar-refractivity contribution in [3.63, 3.8) is 0 Å². The topological polar surface area (TPSA) is 38.8 Å². The van der Waals surface area contributed by atoms with Gasteiger partial charge in [-0.3, -0.25) is 4.79 Å². The van der Waals surface area contributed by atoms with Gasteiger partial charge >= 0.3 is 0 Å². The Hall–Kier alpha value is -1.55. The molecule has 0 fully saturated rings. The van der Waals surface area contributed by atoms with Crippen molar-refractivity contribution in [2.24, 2.45) is 0 Å². The maximum Gasteiger partial charge on any atom is 0.167 e. The smallest absolute Gasteiger partial charge is 0.167 e. The summed E-state index contributed by atoms with van der Waals surface area (Å²) in [6.45, 7) is 2.90. The first-order valence-electron chi connectivity index (χ1n) is 6.99. The number of fused-ring (bicyclic) bond motifs is 1. The van der Waals surface area contributed by atoms with E-state index in [4.69, 9.17) is 9.47 Å². The van der Waals surface area contributed by atoms with Crippen molar-refractivity contribution in [1.82, 2.24) is 4.90 Å². The number of likely N-dealkylation sites (N-methyl/N-ethyl adjacent to an activating group) is 1. The number of methoxy groups -OCH3 is 2. The fourth-order valence-electron chi connectivity index (χ4n) is 3.09. The number of ether oxygens (including phenoxy) is 2. The highest BCUT2D eigenvalue weighted by atomic mass is 16.5. The first-order valence-corrected chi connectivity index (χ1v) is 6.99. The zero-order valence-corrected chi connectivity index (χ0v) is 12.9. The molecule has 1 aromatic rings. The quantitative estimate of drug-likeness (QED) is 0.829. The van der Waals surface area contributed by atoms with Gasteiger partial charge < -0.3 is 14.4 Å². The monoisotopic (exact) mass is 277 g/mol. The van der Waals surface area contributed by atoms with E-state index in [9.17, 15) is 4.79 Å². The van der Waals surface area contributed by atoms with Crippen molar-refractivity contribution in [3.8, 4) is 11.5 Å². The van der Waals surface area contributed by atoms with Crippen LogP contribution >= 0.6 is 0 Å². The number of ketones is 1. The normalized spacial score (nSPS) is 17.5. The Morgan fingerprint density at radius 1 is 1.30 bits per heavy atom. The molecule has 0 spiro atoms. The SMILES string of the molecule is CCc1c(OC)cc2c(c1OC)C(=O)CC2CN(C)C. The Labute approximate surface area is 120 Å². The number of Topliss-reactive ketones (excluding diaryl/α,β-unsaturated/α-hetero) is 1. The molecule has 1 unspecified atom stereocenters. The van der Waals surface area contributed by atoms with Crippen LogP contribution in [0.5, 0.6) is 11.5 Å². The van der Waals surface area contributed by atoms with Crippen molar-refractivity contribution < 1.29 is 14.3 Å². The molecular weight excluding hydrogens is 254 g/mol. The van der Waals surface area contributed by atoms with Crippen molar-refractivity contribution >= 4 is 5.78 Å². The molecule has 4 nitrogen and oxygen atoms in total. The minimum atomic E-state index is 0.182. The van der Waals surface area contributed by atoms with Gasteiger partial charge in [0.2, 0.25) is 0 Å². The lowest BCUT2D eigenvalue weighted by molar-refractivity contribution is 0.0983. The van der Waals surface area contributed by atoms with Crippen LogP contribution in [0, 0.1) is 0 Å². The highest BCUT2D eigenvalue weighted by Crippen LogP contribution is 2.44. The minimum Gasteiger partial charge on any atom is -0.496 e. The number of carbonyl (C=O) groups is 1. The third kappa shape index (κ3) is 2.40. The molecule has 1 aromatic carbocycles. The Balaban J connectivity index is 2.60. The van der Waals surface area contributed by atoms with Crippen LogP contribution in [0.4, 0.5) is 0 Å². The van der Waals surface area contributed by atoms with E-state index >= 15 is 0 Å². The summed E-state index contributed by atoms with van der Waals surface area (Å²) in [7, 11) is 7.34. The van der Waals surface area contributed by atoms with Gasteiger partial charge in [0.1, 0.15) is 11.5 Å². The molecule has 110 valence electrons. The Bertz CT molecular complexity index is 523. The van der Waals surface area contributed by atoms with E-state index in [1.807, 2.05) is 27.1 Å². The summed E-state index contributed by atoms with van der Waals surface area (Å²) in [4.78, 5) is 14.5. The van der Waals surface area contributed by atoms with Gasteiger partial charge in [0.25, 0.3) is 0 Å². The second-order valence-corrected chi connectivity index (χ2v) is 5.49. The summed E-state index contributed by atoms with van der Waals surface area (Å²) in [6, 6.07) is 2.02. The molecule has 0 aromatic heterocycles. The molecule has 0 amide bonds. The summed E-state index contributed by atoms with van der Waals surface area (Å²) >= 11 is 0. The molecular formula is C16H23NO3. The van der Waals surface area contributed by atoms with E-state index in [2.05, 4.69) is 4.90 Å². The Kier molecular flexibility index (Phi) is 4.33. The molecule has 20 heavy (non-hydrogen) atoms. The molecule has 1 atom stereocenters. The third-order valence-corrected chi connectivity index (χ3v) is 3.89. The van der Waals surface area contributed by atoms with Gasteiger partial charge in [0.15, 0.2) is 5.78 Å². The van der Waals surface area contributed by atoms with Gasteiger partial charge in [-0.1, -0.05) is 6.92 Å². The van der Waals surface area contributed by atoms with Gasteiger partial charge in [-0.25, -0.2) is 0 Å². The van der Waals surface area contributed by atoms with Crippen molar-refractivity contribution in [3.05, 3.63) is 22.8 Å². The largest absolute Gasteiger partial charge is 0.496 e. The number of carbonyl (C=O) groups excluding carboxylic acids is 1. The lowest BCUT2D eigenvalue weighted by Crippen LogP contribution is -2.19. The van der Waals surface area contributed by atoms with Gasteiger partial charge in [-0.15, -0.1) is 0 Å². The molecule has 1 aliphatic rings. The first kappa shape index (κ1) is 14.9. The Morgan fingerprint density at radius 3 is 2.50 bits per heavy atom. The highest BCUT2D eigenvalue weighted by molar-refractivity contribution is 6.04. The van der Waals surface area contributed by atoms with E-state index in [-0.39, 0.29) is 11.7 Å². The van der Waals surface area contributed by atoms with Crippen molar-refractivity contribution in [2.45, 2.75) is 25.7 Å². The van der Waals surface area contributed by atoms with E-state index in [1.165, 1.54) is 0 Å². The summed E-state index contributed by atoms with van der Waals surface area (Å²) in [6.07, 6.45) is 1.34. The number of hydrogen-bond acceptors (Lipinski definition) is 4. The molecule has 0 heterocycles. The molecule has 0 N–H and O–H groups in total. The summed E-state index contributed by atoms with van der Waals surface area (Å²) in [5.41, 5.74) is 2.80. The first-order chi connectivity index (χ1) is 9.53. The van der Waals surface area contributed by atoms with Crippen molar-refractivity contribution in [1.29, 1.82) is 0 Å². The summed E-state index contributed by atoms with van der Waals surface area (Å²) < 4.78 is 11.0. The lowest BCUT2D eigenvalue weighted by Gasteiger charge is -2.19. The van der Waals surface area contributed by atoms with Gasteiger partial charge in [0, 0.05) is 24.4 Å². The number of benzene rings is 1. The number of nitrogens with zero attached hydrogens (tertiary/aromatic N) is 1. The van der Waals surface area contributed by atoms with Crippen LogP contribution < -0.4 is 9.47 Å². The standard InChI is InChI=1S/C16H23NO3/c1-6-11-14(19-4)8-12-10(9-17(2)3)7-13(18)15(12)16(11)20-5/h8,10H,6-7,9H2,1-5H3. The second kappa shape index (κ2) is 5.83. The van der Waals surface area contributed by atoms with E-state index in [0.717, 1.165) is 35.4 Å². The molecule has 4 heteroatoms. The van der Waals surface area contributed by atoms with Crippen LogP contribution in [0.1, 0.15) is 40.7 Å². The zero-order chi connectivity index (χ0) is 14.9. The van der Waals surface area contributed by atoms with Crippen LogP contribution in [0.25, 0.3) is 0 Å². The predicted octanol–water partition coefficient (Wildman–Crippen LogP) is 2.50. The molecule has 0 saturated carbocycles. The van der Waals surface area contributed by atoms with Crippen LogP contribution in [0.15, 0.2) is 6.07 Å². The lowest BCUT2D eigenvalue weighted by atomic mass is 9.96. The zero-order valence-electron chi connectivity index (χ0n) is 12.9. The minimum absolute atomic E-state index is 0.182. The third-order valence-electron chi connectivity index (χ3n) is 3.89. The fraction of sp³-hybridized carbons (Fsp3) is 0.562. The maximum absolute atomic E-state index is 12.4. The summed E-state index contributed by atoms with van der Waals surface area (Å²) in [5.74, 6) is 1.93. The number of hydrogen-bond donors (Lipinski definition) is 0. The molecule has 0 radical (unpaired) electrons. The van der Waals surface area contributed by atoms with Gasteiger partial charge in [-0.05, 0) is 32.1 Å². The van der Waals surface area contributed by atoms with Gasteiger partial charge in [0.05, 0.1) is 19.8 Å². The van der Waals surface area contributed by atoms with Crippen LogP contribution in [0.3, 0.4) is 0 Å². The molecule has 1 aliphatic carbocycles. The second-order valence-electron chi connectivity index (χ2n) is 5.49. The number of rotatable bonds is 5. The van der Waals surface area contributed by atoms with E-state index < -0.39 is 0 Å². The van der Waals surface area contributed by atoms with E-state index in [1.54, 1.807) is 14.2 Å². The van der Waals surface area contributed by atoms with Crippen LogP contribution in [-0.4, -0.2) is 45.5 Å². The highest BCUT2D eigenvalue weighted by Gasteiger charge is 2.35. The van der Waals surface area contributed by atoms with Gasteiger partial charge in [-0.2, -0.15) is 0 Å². The van der Waals surface area contributed by atoms with E-state index in [0.29, 0.717) is 12.2 Å². The Morgan fingerprint density at radius 2 is 2.00 bits per heavy atom. The molecule has 0 bridgehead atoms. The van der Waals surface area contributed by atoms with Crippen LogP contribution in [0.2, 0.25) is 0 Å². The van der Waals surface area contributed by atoms with Crippen molar-refractivity contribution in [2.75, 3.05) is 34.9 Å². The average molecular weight is 277 g/mol. The maximum atomic E-state index is 12.4. The molecule has 2 rings (SSSR count). The molecule has 0 saturated heterocycles. The predicted molar refractivity (Wildman–Crippen MR) is 79.2 cm³/mol. The molecule has 0 aliphatic heterocycles. The van der Waals surface area contributed by atoms with Crippen LogP contribution in [-0.2, 0) is 6.42 Å². The summed E-state index contributed by atoms with van der Waals surface area (Å²) in [5, 5.41) is 0. The average Bonchev–Trinajstić information content (AvgIpc) is 2.72.